The molecule has 3 aromatic carbocycles. The maximum atomic E-state index is 7.05. The highest BCUT2D eigenvalue weighted by Crippen LogP contribution is 2.46. The van der Waals surface area contributed by atoms with Crippen LogP contribution in [0, 0.1) is 0 Å². The van der Waals surface area contributed by atoms with Gasteiger partial charge in [-0.3, -0.25) is 0 Å². The second kappa shape index (κ2) is 10.9. The van der Waals surface area contributed by atoms with Crippen molar-refractivity contribution in [1.82, 2.24) is 9.97 Å². The molecule has 2 aliphatic heterocycles. The third-order valence-corrected chi connectivity index (χ3v) is 7.94. The van der Waals surface area contributed by atoms with E-state index in [9.17, 15) is 0 Å². The van der Waals surface area contributed by atoms with E-state index in [1.54, 1.807) is 6.07 Å². The van der Waals surface area contributed by atoms with Crippen molar-refractivity contribution in [2.75, 3.05) is 12.3 Å². The third kappa shape index (κ3) is 5.00. The minimum Gasteiger partial charge on any atom is -0.384 e. The molecule has 3 heterocycles. The molecule has 0 bridgehead atoms. The molecule has 2 fully saturated rings. The summed E-state index contributed by atoms with van der Waals surface area (Å²) in [5.41, 5.74) is 8.61. The van der Waals surface area contributed by atoms with E-state index >= 15 is 0 Å². The van der Waals surface area contributed by atoms with Gasteiger partial charge in [0, 0.05) is 6.07 Å². The summed E-state index contributed by atoms with van der Waals surface area (Å²) in [4.78, 5) is 8.32. The molecule has 4 aromatic rings. The van der Waals surface area contributed by atoms with E-state index in [4.69, 9.17) is 36.3 Å². The van der Waals surface area contributed by atoms with Crippen LogP contribution in [0.1, 0.15) is 41.6 Å². The van der Waals surface area contributed by atoms with E-state index in [1.165, 1.54) is 6.33 Å². The van der Waals surface area contributed by atoms with E-state index in [0.29, 0.717) is 11.5 Å². The van der Waals surface area contributed by atoms with Crippen LogP contribution in [0.25, 0.3) is 0 Å². The predicted octanol–water partition coefficient (Wildman–Crippen LogP) is 5.63. The van der Waals surface area contributed by atoms with Crippen LogP contribution in [0.3, 0.4) is 0 Å². The van der Waals surface area contributed by atoms with Crippen molar-refractivity contribution in [2.45, 2.75) is 55.0 Å². The summed E-state index contributed by atoms with van der Waals surface area (Å²) < 4.78 is 26.3. The Morgan fingerprint density at radius 2 is 1.38 bits per heavy atom. The number of nitrogens with zero attached hydrogens (tertiary/aromatic N) is 2. The van der Waals surface area contributed by atoms with Crippen molar-refractivity contribution in [1.29, 1.82) is 0 Å². The second-order valence-electron chi connectivity index (χ2n) is 10.6. The summed E-state index contributed by atoms with van der Waals surface area (Å²) in [5, 5.41) is -0.623. The first-order chi connectivity index (χ1) is 19.4. The Morgan fingerprint density at radius 3 is 1.90 bits per heavy atom. The second-order valence-corrected chi connectivity index (χ2v) is 11.0. The first-order valence-corrected chi connectivity index (χ1v) is 13.8. The SMILES string of the molecule is CC1(C)O[C@@H]2[C@H](O1)[C@@H](COC(c1ccccc1)(c1ccccc1)c1ccccc1)O[C@H]2C(Cl)c1cc(N)ncn1. The van der Waals surface area contributed by atoms with Gasteiger partial charge in [-0.05, 0) is 30.5 Å². The Kier molecular flexibility index (Phi) is 7.33. The number of anilines is 1. The van der Waals surface area contributed by atoms with E-state index in [2.05, 4.69) is 46.4 Å². The first kappa shape index (κ1) is 26.9. The number of rotatable bonds is 8. The van der Waals surface area contributed by atoms with E-state index < -0.39 is 35.1 Å². The zero-order valence-corrected chi connectivity index (χ0v) is 23.1. The van der Waals surface area contributed by atoms with Crippen LogP contribution in [0.15, 0.2) is 103 Å². The largest absolute Gasteiger partial charge is 0.384 e. The van der Waals surface area contributed by atoms with Crippen LogP contribution in [-0.2, 0) is 24.5 Å². The van der Waals surface area contributed by atoms with Crippen molar-refractivity contribution >= 4 is 17.4 Å². The quantitative estimate of drug-likeness (QED) is 0.222. The fraction of sp³-hybridized carbons (Fsp3) is 0.312. The topological polar surface area (TPSA) is 88.7 Å². The third-order valence-electron chi connectivity index (χ3n) is 7.47. The molecule has 6 rings (SSSR count). The number of benzene rings is 3. The van der Waals surface area contributed by atoms with Crippen LogP contribution >= 0.6 is 11.6 Å². The molecule has 206 valence electrons. The van der Waals surface area contributed by atoms with E-state index in [-0.39, 0.29) is 12.7 Å². The van der Waals surface area contributed by atoms with Crippen LogP contribution in [0.4, 0.5) is 5.82 Å². The summed E-state index contributed by atoms with van der Waals surface area (Å²) in [6.45, 7) is 4.02. The number of nitrogens with two attached hydrogens (primary N) is 1. The Balaban J connectivity index is 1.37. The van der Waals surface area contributed by atoms with Gasteiger partial charge in [0.15, 0.2) is 5.79 Å². The zero-order chi connectivity index (χ0) is 27.7. The van der Waals surface area contributed by atoms with Gasteiger partial charge in [0.1, 0.15) is 47.5 Å². The molecule has 0 radical (unpaired) electrons. The minimum absolute atomic E-state index is 0.227. The highest BCUT2D eigenvalue weighted by atomic mass is 35.5. The fourth-order valence-electron chi connectivity index (χ4n) is 5.77. The molecule has 2 N–H and O–H groups in total. The molecule has 2 aliphatic rings. The number of hydrogen-bond donors (Lipinski definition) is 1. The molecule has 1 unspecified atom stereocenters. The number of hydrogen-bond acceptors (Lipinski definition) is 7. The lowest BCUT2D eigenvalue weighted by Gasteiger charge is -2.37. The number of alkyl halides is 1. The van der Waals surface area contributed by atoms with Gasteiger partial charge in [-0.15, -0.1) is 11.6 Å². The molecule has 0 spiro atoms. The van der Waals surface area contributed by atoms with Gasteiger partial charge in [0.05, 0.1) is 12.3 Å². The lowest BCUT2D eigenvalue weighted by molar-refractivity contribution is -0.195. The molecule has 2 saturated heterocycles. The molecular formula is C32H32ClN3O4. The highest BCUT2D eigenvalue weighted by Gasteiger charge is 2.57. The summed E-state index contributed by atoms with van der Waals surface area (Å²) in [5.74, 6) is -0.459. The molecule has 8 heteroatoms. The Labute approximate surface area is 239 Å². The van der Waals surface area contributed by atoms with E-state index in [1.807, 2.05) is 68.4 Å². The van der Waals surface area contributed by atoms with Crippen molar-refractivity contribution in [3.05, 3.63) is 126 Å². The van der Waals surface area contributed by atoms with Crippen LogP contribution in [0.5, 0.6) is 0 Å². The fourth-order valence-corrected chi connectivity index (χ4v) is 6.09. The summed E-state index contributed by atoms with van der Waals surface area (Å²) >= 11 is 6.94. The summed E-state index contributed by atoms with van der Waals surface area (Å²) in [7, 11) is 0. The number of nitrogen functional groups attached to an aromatic ring is 1. The number of halogens is 1. The number of fused-ring (bicyclic) bond motifs is 1. The standard InChI is InChI=1S/C32H32ClN3O4/c1-31(2)39-28-25(38-29(30(28)40-31)27(33)24-18-26(34)36-20-35-24)19-37-32(21-12-6-3-7-13-21,22-14-8-4-9-15-22)23-16-10-5-11-17-23/h3-18,20,25,27-30H,19H2,1-2H3,(H2,34,35,36)/t25-,27?,28-,29+,30-/m1/s1. The van der Waals surface area contributed by atoms with Crippen LogP contribution in [0.2, 0.25) is 0 Å². The Hall–Kier alpha value is -3.33. The maximum Gasteiger partial charge on any atom is 0.164 e. The summed E-state index contributed by atoms with van der Waals surface area (Å²) in [6.07, 6.45) is -0.386. The molecule has 7 nitrogen and oxygen atoms in total. The smallest absolute Gasteiger partial charge is 0.164 e. The lowest BCUT2D eigenvalue weighted by atomic mass is 9.80. The van der Waals surface area contributed by atoms with Gasteiger partial charge in [-0.25, -0.2) is 9.97 Å². The molecule has 40 heavy (non-hydrogen) atoms. The normalized spacial score (nSPS) is 24.5. The molecule has 0 amide bonds. The predicted molar refractivity (Wildman–Crippen MR) is 153 cm³/mol. The van der Waals surface area contributed by atoms with Crippen LogP contribution < -0.4 is 5.73 Å². The average Bonchev–Trinajstić information content (AvgIpc) is 3.47. The molecule has 0 aliphatic carbocycles. The monoisotopic (exact) mass is 557 g/mol. The van der Waals surface area contributed by atoms with Gasteiger partial charge < -0.3 is 24.7 Å². The molecule has 1 aromatic heterocycles. The van der Waals surface area contributed by atoms with Crippen molar-refractivity contribution in [3.63, 3.8) is 0 Å². The van der Waals surface area contributed by atoms with Crippen LogP contribution in [-0.4, -0.2) is 46.8 Å². The van der Waals surface area contributed by atoms with Gasteiger partial charge in [0.2, 0.25) is 0 Å². The Bertz CT molecular complexity index is 1330. The van der Waals surface area contributed by atoms with Gasteiger partial charge in [0.25, 0.3) is 0 Å². The van der Waals surface area contributed by atoms with Crippen molar-refractivity contribution < 1.29 is 18.9 Å². The number of ether oxygens (including phenoxy) is 4. The zero-order valence-electron chi connectivity index (χ0n) is 22.4. The first-order valence-electron chi connectivity index (χ1n) is 13.4. The number of aromatic nitrogens is 2. The maximum absolute atomic E-state index is 7.05. The van der Waals surface area contributed by atoms with Crippen molar-refractivity contribution in [2.24, 2.45) is 0 Å². The molecular weight excluding hydrogens is 526 g/mol. The molecule has 0 saturated carbocycles. The van der Waals surface area contributed by atoms with E-state index in [0.717, 1.165) is 16.7 Å². The van der Waals surface area contributed by atoms with Gasteiger partial charge in [-0.1, -0.05) is 91.0 Å². The Morgan fingerprint density at radius 1 is 0.850 bits per heavy atom. The van der Waals surface area contributed by atoms with Crippen molar-refractivity contribution in [3.8, 4) is 0 Å². The molecule has 5 atom stereocenters. The lowest BCUT2D eigenvalue weighted by Crippen LogP contribution is -2.39. The van der Waals surface area contributed by atoms with Gasteiger partial charge in [-0.2, -0.15) is 0 Å². The highest BCUT2D eigenvalue weighted by molar-refractivity contribution is 6.21. The van der Waals surface area contributed by atoms with Gasteiger partial charge >= 0.3 is 0 Å². The summed E-state index contributed by atoms with van der Waals surface area (Å²) in [6, 6.07) is 32.4. The average molecular weight is 558 g/mol. The minimum atomic E-state index is -0.892.